The first-order chi connectivity index (χ1) is 11.8. The fourth-order valence-electron chi connectivity index (χ4n) is 2.65. The molecule has 0 saturated heterocycles. The minimum atomic E-state index is 0. The summed E-state index contributed by atoms with van der Waals surface area (Å²) in [5.74, 6) is 0.827. The van der Waals surface area contributed by atoms with Gasteiger partial charge in [-0.3, -0.25) is 0 Å². The van der Waals surface area contributed by atoms with Gasteiger partial charge in [0.1, 0.15) is 0 Å². The third-order valence-corrected chi connectivity index (χ3v) is 4.06. The molecule has 0 fully saturated rings. The first kappa shape index (κ1) is 25.1. The van der Waals surface area contributed by atoms with Crippen LogP contribution >= 0.6 is 24.0 Å². The molecule has 0 aliphatic heterocycles. The van der Waals surface area contributed by atoms with E-state index < -0.39 is 0 Å². The highest BCUT2D eigenvalue weighted by molar-refractivity contribution is 14.0. The molecule has 26 heavy (non-hydrogen) atoms. The van der Waals surface area contributed by atoms with Gasteiger partial charge in [-0.2, -0.15) is 0 Å². The lowest BCUT2D eigenvalue weighted by Crippen LogP contribution is -2.45. The van der Waals surface area contributed by atoms with E-state index in [4.69, 9.17) is 9.73 Å². The van der Waals surface area contributed by atoms with Crippen molar-refractivity contribution in [3.8, 4) is 0 Å². The predicted octanol–water partition coefficient (Wildman–Crippen LogP) is 3.48. The highest BCUT2D eigenvalue weighted by Gasteiger charge is 2.24. The number of rotatable bonds is 8. The number of ether oxygens (including phenoxy) is 1. The topological polar surface area (TPSA) is 48.9 Å². The quantitative estimate of drug-likeness (QED) is 0.343. The molecule has 2 N–H and O–H groups in total. The minimum Gasteiger partial charge on any atom is -0.379 e. The summed E-state index contributed by atoms with van der Waals surface area (Å²) >= 11 is 0. The van der Waals surface area contributed by atoms with Crippen LogP contribution in [0.3, 0.4) is 0 Å². The number of benzene rings is 1. The van der Waals surface area contributed by atoms with Crippen LogP contribution in [0.1, 0.15) is 38.8 Å². The molecule has 0 bridgehead atoms. The van der Waals surface area contributed by atoms with E-state index in [2.05, 4.69) is 81.6 Å². The van der Waals surface area contributed by atoms with E-state index in [-0.39, 0.29) is 35.5 Å². The first-order valence-corrected chi connectivity index (χ1v) is 9.04. The Morgan fingerprint density at radius 2 is 1.77 bits per heavy atom. The largest absolute Gasteiger partial charge is 0.379 e. The second-order valence-electron chi connectivity index (χ2n) is 7.67. The Bertz CT molecular complexity index is 541. The maximum Gasteiger partial charge on any atom is 0.191 e. The molecule has 0 aliphatic rings. The average Bonchev–Trinajstić information content (AvgIpc) is 2.52. The minimum absolute atomic E-state index is 0. The standard InChI is InChI=1S/C20H36N4O.HI/c1-8-21-19(23-14-18(25-7)20(2,3)4)22-13-16-11-9-10-12-17(16)15-24(5)6;/h9-12,18H,8,13-15H2,1-7H3,(H2,21,22,23);1H. The van der Waals surface area contributed by atoms with E-state index in [1.165, 1.54) is 11.1 Å². The number of hydrogen-bond acceptors (Lipinski definition) is 3. The molecule has 1 unspecified atom stereocenters. The summed E-state index contributed by atoms with van der Waals surface area (Å²) in [6.07, 6.45) is 0.123. The van der Waals surface area contributed by atoms with Crippen LogP contribution in [0.15, 0.2) is 29.3 Å². The Hall–Kier alpha value is -0.860. The molecule has 6 heteroatoms. The summed E-state index contributed by atoms with van der Waals surface area (Å²) in [5.41, 5.74) is 2.65. The smallest absolute Gasteiger partial charge is 0.191 e. The molecule has 0 spiro atoms. The van der Waals surface area contributed by atoms with Crippen molar-refractivity contribution >= 4 is 29.9 Å². The molecule has 5 nitrogen and oxygen atoms in total. The second kappa shape index (κ2) is 12.5. The monoisotopic (exact) mass is 476 g/mol. The first-order valence-electron chi connectivity index (χ1n) is 9.04. The van der Waals surface area contributed by atoms with Gasteiger partial charge in [0.15, 0.2) is 5.96 Å². The SMILES string of the molecule is CCNC(=NCc1ccccc1CN(C)C)NCC(OC)C(C)(C)C.I. The van der Waals surface area contributed by atoms with Gasteiger partial charge in [-0.05, 0) is 37.6 Å². The number of aliphatic imine (C=N–C) groups is 1. The van der Waals surface area contributed by atoms with Crippen molar-refractivity contribution in [1.29, 1.82) is 0 Å². The third-order valence-electron chi connectivity index (χ3n) is 4.06. The van der Waals surface area contributed by atoms with E-state index in [9.17, 15) is 0 Å². The second-order valence-corrected chi connectivity index (χ2v) is 7.67. The van der Waals surface area contributed by atoms with Gasteiger partial charge in [-0.1, -0.05) is 45.0 Å². The number of methoxy groups -OCH3 is 1. The number of nitrogens with zero attached hydrogens (tertiary/aromatic N) is 2. The van der Waals surface area contributed by atoms with Crippen molar-refractivity contribution in [2.45, 2.75) is 46.9 Å². The van der Waals surface area contributed by atoms with Gasteiger partial charge in [0, 0.05) is 26.7 Å². The van der Waals surface area contributed by atoms with Crippen LogP contribution in [0.5, 0.6) is 0 Å². The van der Waals surface area contributed by atoms with Gasteiger partial charge in [0.05, 0.1) is 12.6 Å². The van der Waals surface area contributed by atoms with Gasteiger partial charge in [0.25, 0.3) is 0 Å². The number of hydrogen-bond donors (Lipinski definition) is 2. The van der Waals surface area contributed by atoms with Gasteiger partial charge < -0.3 is 20.3 Å². The van der Waals surface area contributed by atoms with Crippen molar-refractivity contribution in [2.24, 2.45) is 10.4 Å². The molecule has 0 aromatic heterocycles. The Labute approximate surface area is 177 Å². The summed E-state index contributed by atoms with van der Waals surface area (Å²) in [6.45, 7) is 11.8. The van der Waals surface area contributed by atoms with Crippen molar-refractivity contribution in [3.05, 3.63) is 35.4 Å². The van der Waals surface area contributed by atoms with Crippen LogP contribution in [0.25, 0.3) is 0 Å². The molecule has 150 valence electrons. The van der Waals surface area contributed by atoms with Crippen molar-refractivity contribution in [1.82, 2.24) is 15.5 Å². The zero-order chi connectivity index (χ0) is 18.9. The molecule has 0 radical (unpaired) electrons. The highest BCUT2D eigenvalue weighted by atomic mass is 127. The van der Waals surface area contributed by atoms with Gasteiger partial charge in [0.2, 0.25) is 0 Å². The molecule has 1 aromatic rings. The van der Waals surface area contributed by atoms with E-state index in [1.54, 1.807) is 7.11 Å². The Balaban J connectivity index is 0.00000625. The molecule has 0 amide bonds. The Kier molecular flexibility index (Phi) is 12.1. The fraction of sp³-hybridized carbons (Fsp3) is 0.650. The molecular weight excluding hydrogens is 439 g/mol. The summed E-state index contributed by atoms with van der Waals surface area (Å²) < 4.78 is 5.62. The van der Waals surface area contributed by atoms with Crippen LogP contribution in [-0.4, -0.2) is 51.3 Å². The molecule has 1 atom stereocenters. The molecule has 0 aliphatic carbocycles. The van der Waals surface area contributed by atoms with E-state index >= 15 is 0 Å². The van der Waals surface area contributed by atoms with Crippen LogP contribution < -0.4 is 10.6 Å². The maximum atomic E-state index is 5.62. The van der Waals surface area contributed by atoms with E-state index in [1.807, 2.05) is 0 Å². The van der Waals surface area contributed by atoms with Gasteiger partial charge in [-0.15, -0.1) is 24.0 Å². The summed E-state index contributed by atoms with van der Waals surface area (Å²) in [7, 11) is 5.94. The van der Waals surface area contributed by atoms with Crippen LogP contribution in [0.4, 0.5) is 0 Å². The molecule has 1 rings (SSSR count). The maximum absolute atomic E-state index is 5.62. The van der Waals surface area contributed by atoms with Crippen molar-refractivity contribution < 1.29 is 4.74 Å². The Morgan fingerprint density at radius 3 is 2.27 bits per heavy atom. The number of guanidine groups is 1. The summed E-state index contributed by atoms with van der Waals surface area (Å²) in [6, 6.07) is 8.48. The normalized spacial score (nSPS) is 13.3. The highest BCUT2D eigenvalue weighted by Crippen LogP contribution is 2.21. The summed E-state index contributed by atoms with van der Waals surface area (Å²) in [5, 5.41) is 6.73. The van der Waals surface area contributed by atoms with Crippen LogP contribution in [0.2, 0.25) is 0 Å². The number of halogens is 1. The molecule has 0 saturated carbocycles. The molecule has 1 aromatic carbocycles. The Morgan fingerprint density at radius 1 is 1.15 bits per heavy atom. The van der Waals surface area contributed by atoms with Gasteiger partial charge >= 0.3 is 0 Å². The van der Waals surface area contributed by atoms with Crippen LogP contribution in [-0.2, 0) is 17.8 Å². The zero-order valence-electron chi connectivity index (χ0n) is 17.4. The predicted molar refractivity (Wildman–Crippen MR) is 122 cm³/mol. The summed E-state index contributed by atoms with van der Waals surface area (Å²) in [4.78, 5) is 6.94. The van der Waals surface area contributed by atoms with Crippen molar-refractivity contribution in [3.63, 3.8) is 0 Å². The fourth-order valence-corrected chi connectivity index (χ4v) is 2.65. The lowest BCUT2D eigenvalue weighted by molar-refractivity contribution is 0.0205. The number of nitrogens with one attached hydrogen (secondary N) is 2. The van der Waals surface area contributed by atoms with Crippen LogP contribution in [0, 0.1) is 5.41 Å². The van der Waals surface area contributed by atoms with E-state index in [0.29, 0.717) is 6.54 Å². The lowest BCUT2D eigenvalue weighted by Gasteiger charge is -2.30. The van der Waals surface area contributed by atoms with Gasteiger partial charge in [-0.25, -0.2) is 4.99 Å². The lowest BCUT2D eigenvalue weighted by atomic mass is 9.89. The third kappa shape index (κ3) is 9.19. The van der Waals surface area contributed by atoms with Crippen molar-refractivity contribution in [2.75, 3.05) is 34.3 Å². The van der Waals surface area contributed by atoms with E-state index in [0.717, 1.165) is 25.6 Å². The molecular formula is C20H37IN4O. The zero-order valence-corrected chi connectivity index (χ0v) is 19.8. The average molecular weight is 476 g/mol. The molecule has 0 heterocycles.